The lowest BCUT2D eigenvalue weighted by Gasteiger charge is -2.36. The highest BCUT2D eigenvalue weighted by Crippen LogP contribution is 2.16. The zero-order valence-corrected chi connectivity index (χ0v) is 11.8. The summed E-state index contributed by atoms with van der Waals surface area (Å²) >= 11 is 0. The summed E-state index contributed by atoms with van der Waals surface area (Å²) in [7, 11) is 1.69. The van der Waals surface area contributed by atoms with Crippen molar-refractivity contribution >= 4 is 6.09 Å². The molecule has 0 atom stereocenters. The molecule has 0 fully saturated rings. The van der Waals surface area contributed by atoms with Gasteiger partial charge in [0.05, 0.1) is 5.54 Å². The van der Waals surface area contributed by atoms with Crippen molar-refractivity contribution in [2.75, 3.05) is 26.8 Å². The molecule has 0 saturated heterocycles. The maximum atomic E-state index is 12.0. The van der Waals surface area contributed by atoms with Gasteiger partial charge in [-0.1, -0.05) is 0 Å². The molecule has 0 unspecified atom stereocenters. The average Bonchev–Trinajstić information content (AvgIpc) is 2.14. The van der Waals surface area contributed by atoms with E-state index in [9.17, 15) is 9.18 Å². The monoisotopic (exact) mass is 248 g/mol. The molecule has 1 N–H and O–H groups in total. The number of alkyl halides is 1. The molecule has 0 aromatic carbocycles. The molecule has 0 aliphatic carbocycles. The first-order valence-corrected chi connectivity index (χ1v) is 5.83. The average molecular weight is 248 g/mol. The van der Waals surface area contributed by atoms with Crippen molar-refractivity contribution in [1.82, 2.24) is 10.2 Å². The summed E-state index contributed by atoms with van der Waals surface area (Å²) in [6.07, 6.45) is -0.371. The fourth-order valence-corrected chi connectivity index (χ4v) is 1.16. The summed E-state index contributed by atoms with van der Waals surface area (Å²) < 4.78 is 17.3. The summed E-state index contributed by atoms with van der Waals surface area (Å²) in [5, 5.41) is 2.95. The van der Waals surface area contributed by atoms with E-state index in [1.54, 1.807) is 7.05 Å². The molecule has 0 aromatic rings. The number of nitrogens with one attached hydrogen (secondary N) is 1. The second kappa shape index (κ2) is 6.19. The minimum Gasteiger partial charge on any atom is -0.444 e. The number of hydrogen-bond donors (Lipinski definition) is 1. The van der Waals surface area contributed by atoms with Gasteiger partial charge in [-0.3, -0.25) is 0 Å². The number of rotatable bonds is 5. The van der Waals surface area contributed by atoms with Crippen molar-refractivity contribution in [3.63, 3.8) is 0 Å². The van der Waals surface area contributed by atoms with Crippen LogP contribution in [0.15, 0.2) is 0 Å². The highest BCUT2D eigenvalue weighted by atomic mass is 19.1. The highest BCUT2D eigenvalue weighted by Gasteiger charge is 2.30. The highest BCUT2D eigenvalue weighted by molar-refractivity contribution is 5.68. The van der Waals surface area contributed by atoms with Crippen LogP contribution < -0.4 is 5.32 Å². The number of halogens is 1. The first-order valence-electron chi connectivity index (χ1n) is 5.83. The molecule has 0 aliphatic heterocycles. The molecule has 102 valence electrons. The number of amides is 1. The Balaban J connectivity index is 4.35. The first kappa shape index (κ1) is 16.2. The topological polar surface area (TPSA) is 41.6 Å². The van der Waals surface area contributed by atoms with E-state index in [1.807, 2.05) is 34.6 Å². The Kier molecular flexibility index (Phi) is 5.88. The molecule has 17 heavy (non-hydrogen) atoms. The van der Waals surface area contributed by atoms with Gasteiger partial charge in [-0.15, -0.1) is 0 Å². The van der Waals surface area contributed by atoms with Crippen LogP contribution in [0.3, 0.4) is 0 Å². The number of ether oxygens (including phenoxy) is 1. The van der Waals surface area contributed by atoms with Crippen LogP contribution in [0.25, 0.3) is 0 Å². The van der Waals surface area contributed by atoms with E-state index in [0.717, 1.165) is 0 Å². The van der Waals surface area contributed by atoms with Crippen molar-refractivity contribution in [2.24, 2.45) is 0 Å². The third-order valence-electron chi connectivity index (χ3n) is 2.40. The first-order chi connectivity index (χ1) is 7.60. The Hall–Kier alpha value is -0.840. The smallest absolute Gasteiger partial charge is 0.410 e. The van der Waals surface area contributed by atoms with Crippen molar-refractivity contribution in [2.45, 2.75) is 45.8 Å². The van der Waals surface area contributed by atoms with Gasteiger partial charge in [0, 0.05) is 20.1 Å². The number of likely N-dealkylation sites (N-methyl/N-ethyl adjacent to an activating group) is 1. The second-order valence-electron chi connectivity index (χ2n) is 5.72. The van der Waals surface area contributed by atoms with Crippen LogP contribution in [0.1, 0.15) is 34.6 Å². The molecular formula is C12H25FN2O2. The second-order valence-corrected chi connectivity index (χ2v) is 5.72. The van der Waals surface area contributed by atoms with Gasteiger partial charge in [-0.2, -0.15) is 0 Å². The number of hydrogen-bond acceptors (Lipinski definition) is 3. The minimum atomic E-state index is -0.506. The number of carbonyl (C=O) groups excluding carboxylic acids is 1. The quantitative estimate of drug-likeness (QED) is 0.758. The molecule has 0 heterocycles. The Morgan fingerprint density at radius 2 is 1.82 bits per heavy atom. The van der Waals surface area contributed by atoms with Gasteiger partial charge in [-0.05, 0) is 34.6 Å². The van der Waals surface area contributed by atoms with Crippen LogP contribution in [-0.2, 0) is 4.74 Å². The van der Waals surface area contributed by atoms with E-state index < -0.39 is 17.8 Å². The zero-order valence-electron chi connectivity index (χ0n) is 11.8. The number of carbonyl (C=O) groups is 1. The van der Waals surface area contributed by atoms with Gasteiger partial charge >= 0.3 is 6.09 Å². The summed E-state index contributed by atoms with van der Waals surface area (Å²) in [5.74, 6) is 0. The Morgan fingerprint density at radius 3 is 2.24 bits per heavy atom. The fraction of sp³-hybridized carbons (Fsp3) is 0.917. The molecule has 4 nitrogen and oxygen atoms in total. The van der Waals surface area contributed by atoms with E-state index in [0.29, 0.717) is 13.1 Å². The third-order valence-corrected chi connectivity index (χ3v) is 2.40. The van der Waals surface area contributed by atoms with Gasteiger partial charge in [0.15, 0.2) is 0 Å². The summed E-state index contributed by atoms with van der Waals surface area (Å²) in [6.45, 7) is 9.70. The van der Waals surface area contributed by atoms with Crippen LogP contribution in [0.2, 0.25) is 0 Å². The van der Waals surface area contributed by atoms with Crippen molar-refractivity contribution < 1.29 is 13.9 Å². The van der Waals surface area contributed by atoms with E-state index in [2.05, 4.69) is 5.32 Å². The van der Waals surface area contributed by atoms with Crippen molar-refractivity contribution in [3.05, 3.63) is 0 Å². The van der Waals surface area contributed by atoms with Gasteiger partial charge in [0.2, 0.25) is 0 Å². The van der Waals surface area contributed by atoms with E-state index >= 15 is 0 Å². The van der Waals surface area contributed by atoms with Gasteiger partial charge in [-0.25, -0.2) is 9.18 Å². The molecule has 5 heteroatoms. The molecule has 0 rings (SSSR count). The molecular weight excluding hydrogens is 223 g/mol. The molecule has 0 saturated carbocycles. The lowest BCUT2D eigenvalue weighted by molar-refractivity contribution is 0.0112. The lowest BCUT2D eigenvalue weighted by atomic mass is 10.0. The Labute approximate surface area is 104 Å². The predicted molar refractivity (Wildman–Crippen MR) is 66.9 cm³/mol. The standard InChI is InChI=1S/C12H25FN2O2/c1-11(2,3)17-10(16)15(6)12(4,5)9-14-8-7-13/h14H,7-9H2,1-6H3. The Morgan fingerprint density at radius 1 is 1.29 bits per heavy atom. The molecule has 0 bridgehead atoms. The summed E-state index contributed by atoms with van der Waals surface area (Å²) in [5.41, 5.74) is -0.925. The molecule has 1 amide bonds. The van der Waals surface area contributed by atoms with Crippen LogP contribution in [0, 0.1) is 0 Å². The Bertz CT molecular complexity index is 249. The number of nitrogens with zero attached hydrogens (tertiary/aromatic N) is 1. The van der Waals surface area contributed by atoms with Gasteiger partial charge in [0.25, 0.3) is 0 Å². The molecule has 0 aliphatic rings. The predicted octanol–water partition coefficient (Wildman–Crippen LogP) is 2.19. The normalized spacial score (nSPS) is 12.4. The van der Waals surface area contributed by atoms with Gasteiger partial charge < -0.3 is 15.0 Å². The van der Waals surface area contributed by atoms with Crippen LogP contribution in [0.4, 0.5) is 9.18 Å². The van der Waals surface area contributed by atoms with E-state index in [4.69, 9.17) is 4.74 Å². The molecule has 0 spiro atoms. The van der Waals surface area contributed by atoms with Crippen LogP contribution in [-0.4, -0.2) is 48.9 Å². The fourth-order valence-electron chi connectivity index (χ4n) is 1.16. The van der Waals surface area contributed by atoms with E-state index in [1.165, 1.54) is 4.90 Å². The zero-order chi connectivity index (χ0) is 13.7. The molecule has 0 radical (unpaired) electrons. The maximum Gasteiger partial charge on any atom is 0.410 e. The summed E-state index contributed by atoms with van der Waals surface area (Å²) in [4.78, 5) is 13.4. The molecule has 0 aromatic heterocycles. The van der Waals surface area contributed by atoms with Crippen LogP contribution >= 0.6 is 0 Å². The van der Waals surface area contributed by atoms with Gasteiger partial charge in [0.1, 0.15) is 12.3 Å². The summed E-state index contributed by atoms with van der Waals surface area (Å²) in [6, 6.07) is 0. The maximum absolute atomic E-state index is 12.0. The van der Waals surface area contributed by atoms with Crippen molar-refractivity contribution in [1.29, 1.82) is 0 Å². The minimum absolute atomic E-state index is 0.297. The van der Waals surface area contributed by atoms with E-state index in [-0.39, 0.29) is 6.09 Å². The lowest BCUT2D eigenvalue weighted by Crippen LogP contribution is -2.52. The third kappa shape index (κ3) is 6.46. The van der Waals surface area contributed by atoms with Crippen LogP contribution in [0.5, 0.6) is 0 Å². The SMILES string of the molecule is CN(C(=O)OC(C)(C)C)C(C)(C)CNCCF. The largest absolute Gasteiger partial charge is 0.444 e. The van der Waals surface area contributed by atoms with Crippen molar-refractivity contribution in [3.8, 4) is 0 Å².